The van der Waals surface area contributed by atoms with Crippen LogP contribution in [0.2, 0.25) is 0 Å². The molecule has 0 aromatic heterocycles. The van der Waals surface area contributed by atoms with E-state index in [9.17, 15) is 9.59 Å². The number of rotatable bonds is 6. The lowest BCUT2D eigenvalue weighted by Gasteiger charge is -2.14. The lowest BCUT2D eigenvalue weighted by atomic mass is 10.1. The number of aryl methyl sites for hydroxylation is 2. The molecule has 0 saturated carbocycles. The van der Waals surface area contributed by atoms with Gasteiger partial charge >= 0.3 is 0 Å². The number of amidine groups is 1. The summed E-state index contributed by atoms with van der Waals surface area (Å²) < 4.78 is 0. The van der Waals surface area contributed by atoms with Gasteiger partial charge in [-0.25, -0.2) is 4.99 Å². The van der Waals surface area contributed by atoms with Crippen molar-refractivity contribution in [1.29, 1.82) is 0 Å². The van der Waals surface area contributed by atoms with Crippen LogP contribution >= 0.6 is 11.8 Å². The average molecular weight is 408 g/mol. The van der Waals surface area contributed by atoms with Crippen LogP contribution in [-0.4, -0.2) is 33.7 Å². The second-order valence-electron chi connectivity index (χ2n) is 7.02. The van der Waals surface area contributed by atoms with Crippen molar-refractivity contribution < 1.29 is 9.59 Å². The number of hydrogen-bond donors (Lipinski definition) is 1. The molecule has 1 atom stereocenters. The zero-order chi connectivity index (χ0) is 21.0. The van der Waals surface area contributed by atoms with Crippen molar-refractivity contribution in [2.75, 3.05) is 11.9 Å². The summed E-state index contributed by atoms with van der Waals surface area (Å²) in [5.41, 5.74) is 4.80. The van der Waals surface area contributed by atoms with Crippen molar-refractivity contribution in [3.8, 4) is 0 Å². The smallest absolute Gasteiger partial charge is 0.242 e. The fourth-order valence-corrected chi connectivity index (χ4v) is 4.22. The van der Waals surface area contributed by atoms with Gasteiger partial charge in [-0.1, -0.05) is 48.2 Å². The molecule has 5 nitrogen and oxygen atoms in total. The molecule has 2 aromatic carbocycles. The Kier molecular flexibility index (Phi) is 6.54. The van der Waals surface area contributed by atoms with E-state index in [1.165, 1.54) is 11.8 Å². The Balaban J connectivity index is 1.79. The first-order valence-electron chi connectivity index (χ1n) is 9.50. The van der Waals surface area contributed by atoms with Crippen LogP contribution in [0.3, 0.4) is 0 Å². The molecule has 0 unspecified atom stereocenters. The van der Waals surface area contributed by atoms with Gasteiger partial charge in [-0.2, -0.15) is 0 Å². The monoisotopic (exact) mass is 407 g/mol. The van der Waals surface area contributed by atoms with Crippen LogP contribution in [0.25, 0.3) is 0 Å². The van der Waals surface area contributed by atoms with Crippen LogP contribution < -0.4 is 5.32 Å². The van der Waals surface area contributed by atoms with Gasteiger partial charge in [-0.05, 0) is 49.6 Å². The first kappa shape index (κ1) is 20.9. The highest BCUT2D eigenvalue weighted by atomic mass is 32.2. The Bertz CT molecular complexity index is 984. The molecule has 1 aliphatic heterocycles. The Labute approximate surface area is 175 Å². The lowest BCUT2D eigenvalue weighted by Crippen LogP contribution is -2.33. The maximum atomic E-state index is 12.9. The fourth-order valence-electron chi connectivity index (χ4n) is 3.06. The number of anilines is 1. The highest BCUT2D eigenvalue weighted by Gasteiger charge is 2.38. The molecule has 2 aromatic rings. The van der Waals surface area contributed by atoms with E-state index in [1.807, 2.05) is 63.2 Å². The highest BCUT2D eigenvalue weighted by Crippen LogP contribution is 2.33. The van der Waals surface area contributed by atoms with E-state index in [0.29, 0.717) is 11.7 Å². The van der Waals surface area contributed by atoms with Crippen LogP contribution in [0, 0.1) is 20.8 Å². The average Bonchev–Trinajstić information content (AvgIpc) is 2.96. The zero-order valence-corrected chi connectivity index (χ0v) is 17.8. The summed E-state index contributed by atoms with van der Waals surface area (Å²) in [6.45, 7) is 10.1. The summed E-state index contributed by atoms with van der Waals surface area (Å²) in [4.78, 5) is 31.8. The molecule has 6 heteroatoms. The third-order valence-corrected chi connectivity index (χ3v) is 6.09. The molecule has 150 valence electrons. The SMILES string of the molecule is C=CCN1C(=O)[C@H](CC(=O)Nc2ccccc2C)SC1=Nc1cccc(C)c1C. The Hall–Kier alpha value is -2.86. The quantitative estimate of drug-likeness (QED) is 0.703. The largest absolute Gasteiger partial charge is 0.326 e. The molecule has 29 heavy (non-hydrogen) atoms. The van der Waals surface area contributed by atoms with Crippen molar-refractivity contribution >= 4 is 40.1 Å². The molecule has 0 spiro atoms. The number of benzene rings is 2. The number of carbonyl (C=O) groups is 2. The Morgan fingerprint density at radius 2 is 1.90 bits per heavy atom. The predicted octanol–water partition coefficient (Wildman–Crippen LogP) is 4.76. The van der Waals surface area contributed by atoms with Gasteiger partial charge in [0.15, 0.2) is 5.17 Å². The van der Waals surface area contributed by atoms with E-state index in [2.05, 4.69) is 11.9 Å². The van der Waals surface area contributed by atoms with E-state index in [1.54, 1.807) is 11.0 Å². The zero-order valence-electron chi connectivity index (χ0n) is 16.9. The van der Waals surface area contributed by atoms with Crippen molar-refractivity contribution in [2.24, 2.45) is 4.99 Å². The van der Waals surface area contributed by atoms with E-state index < -0.39 is 5.25 Å². The number of carbonyl (C=O) groups excluding carboxylic acids is 2. The van der Waals surface area contributed by atoms with Gasteiger partial charge < -0.3 is 5.32 Å². The van der Waals surface area contributed by atoms with Gasteiger partial charge in [0.25, 0.3) is 0 Å². The first-order chi connectivity index (χ1) is 13.9. The van der Waals surface area contributed by atoms with Gasteiger partial charge in [0.05, 0.1) is 5.69 Å². The van der Waals surface area contributed by atoms with Crippen molar-refractivity contribution in [3.05, 3.63) is 71.8 Å². The maximum Gasteiger partial charge on any atom is 0.242 e. The third kappa shape index (κ3) is 4.77. The highest BCUT2D eigenvalue weighted by molar-refractivity contribution is 8.15. The Morgan fingerprint density at radius 1 is 1.17 bits per heavy atom. The summed E-state index contributed by atoms with van der Waals surface area (Å²) in [6, 6.07) is 13.5. The number of thioether (sulfide) groups is 1. The molecule has 0 aliphatic carbocycles. The predicted molar refractivity (Wildman–Crippen MR) is 121 cm³/mol. The van der Waals surface area contributed by atoms with Crippen LogP contribution in [0.15, 0.2) is 60.1 Å². The van der Waals surface area contributed by atoms with Gasteiger partial charge in [-0.3, -0.25) is 14.5 Å². The van der Waals surface area contributed by atoms with E-state index in [-0.39, 0.29) is 18.2 Å². The summed E-state index contributed by atoms with van der Waals surface area (Å²) in [5.74, 6) is -0.296. The first-order valence-corrected chi connectivity index (χ1v) is 10.4. The minimum absolute atomic E-state index is 0.0945. The number of para-hydroxylation sites is 1. The van der Waals surface area contributed by atoms with Crippen LogP contribution in [-0.2, 0) is 9.59 Å². The number of nitrogens with zero attached hydrogens (tertiary/aromatic N) is 2. The summed E-state index contributed by atoms with van der Waals surface area (Å²) in [5, 5.41) is 3.01. The van der Waals surface area contributed by atoms with Gasteiger partial charge in [0.1, 0.15) is 5.25 Å². The van der Waals surface area contributed by atoms with E-state index in [4.69, 9.17) is 4.99 Å². The van der Waals surface area contributed by atoms with E-state index in [0.717, 1.165) is 28.1 Å². The Morgan fingerprint density at radius 3 is 2.62 bits per heavy atom. The standard InChI is InChI=1S/C23H25N3O2S/c1-5-13-26-22(28)20(14-21(27)24-18-11-7-6-9-16(18)3)29-23(26)25-19-12-8-10-15(2)17(19)4/h5-12,20H,1,13-14H2,2-4H3,(H,24,27)/t20-/m0/s1. The molecular formula is C23H25N3O2S. The second-order valence-corrected chi connectivity index (χ2v) is 8.19. The molecule has 0 bridgehead atoms. The number of amides is 2. The molecule has 1 heterocycles. The molecule has 2 amide bonds. The molecule has 1 saturated heterocycles. The summed E-state index contributed by atoms with van der Waals surface area (Å²) in [6.07, 6.45) is 1.77. The van der Waals surface area contributed by atoms with Crippen LogP contribution in [0.4, 0.5) is 11.4 Å². The molecule has 3 rings (SSSR count). The topological polar surface area (TPSA) is 61.8 Å². The third-order valence-electron chi connectivity index (χ3n) is 4.91. The number of hydrogen-bond acceptors (Lipinski definition) is 4. The number of nitrogens with one attached hydrogen (secondary N) is 1. The molecule has 1 N–H and O–H groups in total. The summed E-state index contributed by atoms with van der Waals surface area (Å²) in [7, 11) is 0. The van der Waals surface area contributed by atoms with Crippen LogP contribution in [0.5, 0.6) is 0 Å². The van der Waals surface area contributed by atoms with Gasteiger partial charge in [0.2, 0.25) is 11.8 Å². The lowest BCUT2D eigenvalue weighted by molar-refractivity contribution is -0.127. The van der Waals surface area contributed by atoms with Crippen molar-refractivity contribution in [3.63, 3.8) is 0 Å². The molecular weight excluding hydrogens is 382 g/mol. The van der Waals surface area contributed by atoms with Gasteiger partial charge in [-0.15, -0.1) is 6.58 Å². The van der Waals surface area contributed by atoms with Crippen molar-refractivity contribution in [1.82, 2.24) is 4.90 Å². The van der Waals surface area contributed by atoms with Crippen molar-refractivity contribution in [2.45, 2.75) is 32.4 Å². The molecule has 0 radical (unpaired) electrons. The summed E-state index contributed by atoms with van der Waals surface area (Å²) >= 11 is 1.34. The minimum Gasteiger partial charge on any atom is -0.326 e. The minimum atomic E-state index is -0.497. The second kappa shape index (κ2) is 9.09. The fraction of sp³-hybridized carbons (Fsp3) is 0.261. The van der Waals surface area contributed by atoms with Gasteiger partial charge in [0, 0.05) is 18.7 Å². The normalized spacial score (nSPS) is 17.6. The maximum absolute atomic E-state index is 12.9. The van der Waals surface area contributed by atoms with E-state index >= 15 is 0 Å². The molecule has 1 aliphatic rings. The molecule has 1 fully saturated rings. The van der Waals surface area contributed by atoms with Crippen LogP contribution in [0.1, 0.15) is 23.1 Å². The number of aliphatic imine (C=N–C) groups is 1.